The molecule has 0 aliphatic heterocycles. The van der Waals surface area contributed by atoms with E-state index in [4.69, 9.17) is 11.6 Å². The Hall–Kier alpha value is -1.55. The molecule has 0 radical (unpaired) electrons. The van der Waals surface area contributed by atoms with E-state index in [-0.39, 0.29) is 23.8 Å². The average molecular weight is 365 g/mol. The molecule has 25 heavy (non-hydrogen) atoms. The normalized spacial score (nSPS) is 24.6. The third-order valence-corrected chi connectivity index (χ3v) is 5.72. The lowest BCUT2D eigenvalue weighted by atomic mass is 9.78. The quantitative estimate of drug-likeness (QED) is 0.828. The highest BCUT2D eigenvalue weighted by Crippen LogP contribution is 2.29. The van der Waals surface area contributed by atoms with E-state index >= 15 is 0 Å². The topological polar surface area (TPSA) is 58.2 Å². The van der Waals surface area contributed by atoms with Crippen LogP contribution in [0.3, 0.4) is 0 Å². The van der Waals surface area contributed by atoms with Crippen molar-refractivity contribution in [2.75, 3.05) is 0 Å². The fourth-order valence-electron chi connectivity index (χ4n) is 3.46. The number of hydrogen-bond donors (Lipinski definition) is 2. The van der Waals surface area contributed by atoms with E-state index in [2.05, 4.69) is 24.5 Å². The lowest BCUT2D eigenvalue weighted by Crippen LogP contribution is -2.54. The molecule has 4 nitrogen and oxygen atoms in total. The van der Waals surface area contributed by atoms with Crippen LogP contribution in [0.1, 0.15) is 57.3 Å². The largest absolute Gasteiger partial charge is 0.351 e. The second kappa shape index (κ2) is 8.70. The molecule has 0 heterocycles. The first-order valence-corrected chi connectivity index (χ1v) is 9.54. The molecule has 1 aliphatic carbocycles. The van der Waals surface area contributed by atoms with Gasteiger partial charge in [-0.25, -0.2) is 0 Å². The van der Waals surface area contributed by atoms with Crippen molar-refractivity contribution in [2.24, 2.45) is 17.8 Å². The maximum atomic E-state index is 12.8. The Morgan fingerprint density at radius 2 is 1.84 bits per heavy atom. The van der Waals surface area contributed by atoms with Gasteiger partial charge in [-0.2, -0.15) is 0 Å². The molecular weight excluding hydrogens is 336 g/mol. The number of rotatable bonds is 5. The Balaban J connectivity index is 2.06. The maximum Gasteiger partial charge on any atom is 0.253 e. The zero-order valence-electron chi connectivity index (χ0n) is 15.5. The van der Waals surface area contributed by atoms with E-state index < -0.39 is 6.04 Å². The number of hydrogen-bond acceptors (Lipinski definition) is 2. The first-order valence-electron chi connectivity index (χ1n) is 9.17. The summed E-state index contributed by atoms with van der Waals surface area (Å²) in [7, 11) is 0. The second-order valence-electron chi connectivity index (χ2n) is 7.56. The third kappa shape index (κ3) is 4.97. The molecule has 1 aromatic rings. The lowest BCUT2D eigenvalue weighted by molar-refractivity contribution is -0.125. The minimum atomic E-state index is -0.576. The molecule has 2 rings (SSSR count). The molecule has 2 amide bonds. The van der Waals surface area contributed by atoms with Crippen molar-refractivity contribution in [1.82, 2.24) is 10.6 Å². The number of amides is 2. The molecule has 1 aliphatic rings. The third-order valence-electron chi connectivity index (χ3n) is 5.39. The molecule has 0 spiro atoms. The summed E-state index contributed by atoms with van der Waals surface area (Å²) in [6.45, 7) is 8.30. The molecule has 0 saturated heterocycles. The van der Waals surface area contributed by atoms with Gasteiger partial charge in [0.15, 0.2) is 0 Å². The highest BCUT2D eigenvalue weighted by atomic mass is 35.5. The van der Waals surface area contributed by atoms with Gasteiger partial charge in [0.2, 0.25) is 5.91 Å². The SMILES string of the molecule is CC(C)C(NC(=O)c1ccccc1Cl)C(=O)NC1CCCC(C)C1C. The van der Waals surface area contributed by atoms with E-state index in [0.29, 0.717) is 22.4 Å². The molecule has 5 heteroatoms. The highest BCUT2D eigenvalue weighted by molar-refractivity contribution is 6.33. The van der Waals surface area contributed by atoms with Crippen molar-refractivity contribution in [2.45, 2.75) is 59.0 Å². The average Bonchev–Trinajstić information content (AvgIpc) is 2.56. The van der Waals surface area contributed by atoms with E-state index in [1.54, 1.807) is 24.3 Å². The van der Waals surface area contributed by atoms with Gasteiger partial charge >= 0.3 is 0 Å². The number of benzene rings is 1. The molecular formula is C20H29ClN2O2. The Kier molecular flexibility index (Phi) is 6.88. The molecule has 4 unspecified atom stereocenters. The highest BCUT2D eigenvalue weighted by Gasteiger charge is 2.32. The summed E-state index contributed by atoms with van der Waals surface area (Å²) >= 11 is 6.09. The van der Waals surface area contributed by atoms with Gasteiger partial charge in [0.25, 0.3) is 5.91 Å². The van der Waals surface area contributed by atoms with Gasteiger partial charge in [0.1, 0.15) is 6.04 Å². The van der Waals surface area contributed by atoms with Gasteiger partial charge < -0.3 is 10.6 Å². The standard InChI is InChI=1S/C20H29ClN2O2/c1-12(2)18(23-19(24)15-9-5-6-10-16(15)21)20(25)22-17-11-7-8-13(3)14(17)4/h5-6,9-10,12-14,17-18H,7-8,11H2,1-4H3,(H,22,25)(H,23,24). The van der Waals surface area contributed by atoms with Gasteiger partial charge in [-0.15, -0.1) is 0 Å². The minimum Gasteiger partial charge on any atom is -0.351 e. The van der Waals surface area contributed by atoms with Crippen LogP contribution in [0.15, 0.2) is 24.3 Å². The van der Waals surface area contributed by atoms with Crippen LogP contribution in [0.4, 0.5) is 0 Å². The fourth-order valence-corrected chi connectivity index (χ4v) is 3.68. The van der Waals surface area contributed by atoms with Crippen molar-refractivity contribution in [3.8, 4) is 0 Å². The van der Waals surface area contributed by atoms with Gasteiger partial charge in [-0.3, -0.25) is 9.59 Å². The van der Waals surface area contributed by atoms with E-state index in [1.807, 2.05) is 13.8 Å². The molecule has 1 saturated carbocycles. The molecule has 1 aromatic carbocycles. The van der Waals surface area contributed by atoms with E-state index in [9.17, 15) is 9.59 Å². The fraction of sp³-hybridized carbons (Fsp3) is 0.600. The monoisotopic (exact) mass is 364 g/mol. The summed E-state index contributed by atoms with van der Waals surface area (Å²) in [5, 5.41) is 6.41. The summed E-state index contributed by atoms with van der Waals surface area (Å²) in [6.07, 6.45) is 3.35. The Morgan fingerprint density at radius 1 is 1.16 bits per heavy atom. The lowest BCUT2D eigenvalue weighted by Gasteiger charge is -2.36. The van der Waals surface area contributed by atoms with Crippen molar-refractivity contribution in [1.29, 1.82) is 0 Å². The number of halogens is 1. The zero-order valence-corrected chi connectivity index (χ0v) is 16.3. The van der Waals surface area contributed by atoms with Gasteiger partial charge in [0.05, 0.1) is 10.6 Å². The summed E-state index contributed by atoms with van der Waals surface area (Å²) in [4.78, 5) is 25.3. The van der Waals surface area contributed by atoms with Gasteiger partial charge in [0, 0.05) is 6.04 Å². The Bertz CT molecular complexity index is 617. The van der Waals surface area contributed by atoms with Crippen LogP contribution in [-0.2, 0) is 4.79 Å². The van der Waals surface area contributed by atoms with E-state index in [0.717, 1.165) is 12.8 Å². The zero-order chi connectivity index (χ0) is 18.6. The van der Waals surface area contributed by atoms with Gasteiger partial charge in [-0.05, 0) is 36.3 Å². The minimum absolute atomic E-state index is 0.0113. The summed E-state index contributed by atoms with van der Waals surface area (Å²) in [5.74, 6) is 0.618. The van der Waals surface area contributed by atoms with Crippen molar-refractivity contribution in [3.05, 3.63) is 34.9 Å². The van der Waals surface area contributed by atoms with Crippen LogP contribution in [0.2, 0.25) is 5.02 Å². The van der Waals surface area contributed by atoms with Crippen LogP contribution >= 0.6 is 11.6 Å². The first-order chi connectivity index (χ1) is 11.8. The second-order valence-corrected chi connectivity index (χ2v) is 7.96. The molecule has 138 valence electrons. The summed E-state index contributed by atoms with van der Waals surface area (Å²) in [6, 6.07) is 6.47. The van der Waals surface area contributed by atoms with Crippen LogP contribution in [0.5, 0.6) is 0 Å². The maximum absolute atomic E-state index is 12.8. The predicted octanol–water partition coefficient (Wildman–Crippen LogP) is 4.04. The summed E-state index contributed by atoms with van der Waals surface area (Å²) in [5.41, 5.74) is 0.391. The molecule has 4 atom stereocenters. The molecule has 0 bridgehead atoms. The predicted molar refractivity (Wildman–Crippen MR) is 102 cm³/mol. The van der Waals surface area contributed by atoms with Crippen molar-refractivity contribution in [3.63, 3.8) is 0 Å². The molecule has 0 aromatic heterocycles. The number of nitrogens with one attached hydrogen (secondary N) is 2. The molecule has 1 fully saturated rings. The van der Waals surface area contributed by atoms with Crippen molar-refractivity contribution < 1.29 is 9.59 Å². The van der Waals surface area contributed by atoms with Gasteiger partial charge in [-0.1, -0.05) is 64.3 Å². The number of carbonyl (C=O) groups is 2. The van der Waals surface area contributed by atoms with Crippen LogP contribution in [0, 0.1) is 17.8 Å². The van der Waals surface area contributed by atoms with Crippen LogP contribution in [-0.4, -0.2) is 23.9 Å². The van der Waals surface area contributed by atoms with Crippen LogP contribution in [0.25, 0.3) is 0 Å². The van der Waals surface area contributed by atoms with E-state index in [1.165, 1.54) is 6.42 Å². The number of carbonyl (C=O) groups excluding carboxylic acids is 2. The smallest absolute Gasteiger partial charge is 0.253 e. The Labute approximate surface area is 155 Å². The van der Waals surface area contributed by atoms with Crippen LogP contribution < -0.4 is 10.6 Å². The molecule has 2 N–H and O–H groups in total. The summed E-state index contributed by atoms with van der Waals surface area (Å²) < 4.78 is 0. The first kappa shape index (κ1) is 19.8. The van der Waals surface area contributed by atoms with Crippen molar-refractivity contribution >= 4 is 23.4 Å². The Morgan fingerprint density at radius 3 is 2.48 bits per heavy atom.